The van der Waals surface area contributed by atoms with Crippen LogP contribution in [0.4, 0.5) is 0 Å². The normalized spacial score (nSPS) is 18.6. The third-order valence-corrected chi connectivity index (χ3v) is 5.20. The number of thiazole rings is 1. The average molecular weight is 318 g/mol. The highest BCUT2D eigenvalue weighted by molar-refractivity contribution is 7.09. The zero-order chi connectivity index (χ0) is 15.5. The number of rotatable bonds is 4. The molecular formula is C16H22N4OS. The first kappa shape index (κ1) is 15.2. The van der Waals surface area contributed by atoms with E-state index in [2.05, 4.69) is 15.5 Å². The van der Waals surface area contributed by atoms with Crippen LogP contribution in [0.25, 0.3) is 0 Å². The molecule has 0 N–H and O–H groups in total. The summed E-state index contributed by atoms with van der Waals surface area (Å²) in [5.41, 5.74) is 2.21. The maximum atomic E-state index is 12.4. The van der Waals surface area contributed by atoms with Crippen LogP contribution in [0.15, 0.2) is 17.8 Å². The van der Waals surface area contributed by atoms with E-state index in [0.29, 0.717) is 18.9 Å². The van der Waals surface area contributed by atoms with Gasteiger partial charge >= 0.3 is 0 Å². The zero-order valence-corrected chi connectivity index (χ0v) is 14.0. The summed E-state index contributed by atoms with van der Waals surface area (Å²) in [6, 6.07) is 0. The van der Waals surface area contributed by atoms with Crippen molar-refractivity contribution in [1.82, 2.24) is 19.7 Å². The van der Waals surface area contributed by atoms with Crippen molar-refractivity contribution in [2.75, 3.05) is 13.1 Å². The maximum Gasteiger partial charge on any atom is 0.224 e. The second-order valence-corrected chi connectivity index (χ2v) is 6.93. The molecule has 0 aliphatic carbocycles. The highest BCUT2D eigenvalue weighted by atomic mass is 32.1. The standard InChI is InChI=1S/C16H22N4OS/c1-12-8-17-20(9-12)7-5-15(21)19-6-3-4-14(10-19)16-18-13(2)11-22-16/h8-9,11,14H,3-7,10H2,1-2H3/t14-/m0/s1. The molecule has 0 radical (unpaired) electrons. The summed E-state index contributed by atoms with van der Waals surface area (Å²) in [4.78, 5) is 19.0. The predicted octanol–water partition coefficient (Wildman–Crippen LogP) is 2.75. The molecule has 1 saturated heterocycles. The SMILES string of the molecule is Cc1cnn(CCC(=O)N2CCC[C@H](c3nc(C)cs3)C2)c1. The third kappa shape index (κ3) is 3.55. The number of hydrogen-bond acceptors (Lipinski definition) is 4. The Kier molecular flexibility index (Phi) is 4.57. The lowest BCUT2D eigenvalue weighted by atomic mass is 9.98. The Morgan fingerprint density at radius 2 is 2.32 bits per heavy atom. The molecule has 22 heavy (non-hydrogen) atoms. The van der Waals surface area contributed by atoms with Gasteiger partial charge in [0.05, 0.1) is 11.2 Å². The van der Waals surface area contributed by atoms with E-state index in [9.17, 15) is 4.79 Å². The first-order valence-electron chi connectivity index (χ1n) is 7.80. The minimum atomic E-state index is 0.228. The molecule has 1 aliphatic heterocycles. The molecule has 6 heteroatoms. The van der Waals surface area contributed by atoms with E-state index in [0.717, 1.165) is 37.2 Å². The molecule has 118 valence electrons. The van der Waals surface area contributed by atoms with Gasteiger partial charge in [0.25, 0.3) is 0 Å². The Bertz CT molecular complexity index is 648. The second-order valence-electron chi connectivity index (χ2n) is 6.04. The van der Waals surface area contributed by atoms with Crippen molar-refractivity contribution >= 4 is 17.2 Å². The smallest absolute Gasteiger partial charge is 0.224 e. The molecule has 1 fully saturated rings. The molecule has 2 aromatic heterocycles. The quantitative estimate of drug-likeness (QED) is 0.871. The molecule has 2 aromatic rings. The highest BCUT2D eigenvalue weighted by Gasteiger charge is 2.26. The van der Waals surface area contributed by atoms with Gasteiger partial charge in [-0.1, -0.05) is 0 Å². The number of likely N-dealkylation sites (tertiary alicyclic amines) is 1. The molecule has 1 aliphatic rings. The van der Waals surface area contributed by atoms with Crippen LogP contribution in [-0.4, -0.2) is 38.7 Å². The van der Waals surface area contributed by atoms with Gasteiger partial charge in [0.15, 0.2) is 0 Å². The van der Waals surface area contributed by atoms with Crippen LogP contribution in [0.3, 0.4) is 0 Å². The Morgan fingerprint density at radius 1 is 1.45 bits per heavy atom. The summed E-state index contributed by atoms with van der Waals surface area (Å²) in [7, 11) is 0. The predicted molar refractivity (Wildman–Crippen MR) is 87.0 cm³/mol. The number of aryl methyl sites for hydroxylation is 3. The fraction of sp³-hybridized carbons (Fsp3) is 0.562. The van der Waals surface area contributed by atoms with Gasteiger partial charge in [-0.05, 0) is 32.3 Å². The number of hydrogen-bond donors (Lipinski definition) is 0. The van der Waals surface area contributed by atoms with E-state index in [1.165, 1.54) is 5.01 Å². The van der Waals surface area contributed by atoms with Crippen molar-refractivity contribution in [2.45, 2.75) is 45.6 Å². The van der Waals surface area contributed by atoms with E-state index < -0.39 is 0 Å². The minimum Gasteiger partial charge on any atom is -0.342 e. The van der Waals surface area contributed by atoms with E-state index in [4.69, 9.17) is 0 Å². The van der Waals surface area contributed by atoms with Crippen molar-refractivity contribution in [3.63, 3.8) is 0 Å². The van der Waals surface area contributed by atoms with Gasteiger partial charge in [-0.2, -0.15) is 5.10 Å². The van der Waals surface area contributed by atoms with E-state index in [1.807, 2.05) is 35.8 Å². The molecule has 3 rings (SSSR count). The molecular weight excluding hydrogens is 296 g/mol. The fourth-order valence-corrected chi connectivity index (χ4v) is 3.85. The van der Waals surface area contributed by atoms with Gasteiger partial charge in [-0.3, -0.25) is 9.48 Å². The first-order chi connectivity index (χ1) is 10.6. The van der Waals surface area contributed by atoms with Crippen LogP contribution in [0.2, 0.25) is 0 Å². The second kappa shape index (κ2) is 6.60. The lowest BCUT2D eigenvalue weighted by Gasteiger charge is -2.32. The Balaban J connectivity index is 1.55. The minimum absolute atomic E-state index is 0.228. The first-order valence-corrected chi connectivity index (χ1v) is 8.68. The summed E-state index contributed by atoms with van der Waals surface area (Å²) in [5, 5.41) is 7.51. The van der Waals surface area contributed by atoms with Gasteiger partial charge in [-0.15, -0.1) is 11.3 Å². The molecule has 0 aromatic carbocycles. The van der Waals surface area contributed by atoms with Gasteiger partial charge in [0.2, 0.25) is 5.91 Å². The molecule has 0 unspecified atom stereocenters. The number of amides is 1. The molecule has 5 nitrogen and oxygen atoms in total. The van der Waals surface area contributed by atoms with Crippen LogP contribution < -0.4 is 0 Å². The van der Waals surface area contributed by atoms with Crippen LogP contribution in [-0.2, 0) is 11.3 Å². The van der Waals surface area contributed by atoms with Crippen LogP contribution in [0, 0.1) is 13.8 Å². The largest absolute Gasteiger partial charge is 0.342 e. The Morgan fingerprint density at radius 3 is 3.00 bits per heavy atom. The van der Waals surface area contributed by atoms with Gasteiger partial charge in [0, 0.05) is 49.2 Å². The molecule has 0 saturated carbocycles. The molecule has 0 spiro atoms. The van der Waals surface area contributed by atoms with Crippen molar-refractivity contribution < 1.29 is 4.79 Å². The number of piperidine rings is 1. The summed E-state index contributed by atoms with van der Waals surface area (Å²) in [6.07, 6.45) is 6.52. The average Bonchev–Trinajstić information content (AvgIpc) is 3.13. The monoisotopic (exact) mass is 318 g/mol. The van der Waals surface area contributed by atoms with Gasteiger partial charge in [-0.25, -0.2) is 4.98 Å². The van der Waals surface area contributed by atoms with Gasteiger partial charge in [0.1, 0.15) is 0 Å². The summed E-state index contributed by atoms with van der Waals surface area (Å²) >= 11 is 1.72. The van der Waals surface area contributed by atoms with Crippen LogP contribution >= 0.6 is 11.3 Å². The van der Waals surface area contributed by atoms with E-state index in [1.54, 1.807) is 11.3 Å². The summed E-state index contributed by atoms with van der Waals surface area (Å²) < 4.78 is 1.85. The van der Waals surface area contributed by atoms with E-state index in [-0.39, 0.29) is 5.91 Å². The topological polar surface area (TPSA) is 51.0 Å². The fourth-order valence-electron chi connectivity index (χ4n) is 2.92. The maximum absolute atomic E-state index is 12.4. The molecule has 1 atom stereocenters. The van der Waals surface area contributed by atoms with Crippen LogP contribution in [0.1, 0.15) is 41.4 Å². The summed E-state index contributed by atoms with van der Waals surface area (Å²) in [5.74, 6) is 0.634. The van der Waals surface area contributed by atoms with Crippen molar-refractivity contribution in [1.29, 1.82) is 0 Å². The Hall–Kier alpha value is -1.69. The number of aromatic nitrogens is 3. The molecule has 3 heterocycles. The van der Waals surface area contributed by atoms with Crippen LogP contribution in [0.5, 0.6) is 0 Å². The number of carbonyl (C=O) groups excluding carboxylic acids is 1. The Labute approximate surface area is 135 Å². The number of nitrogens with zero attached hydrogens (tertiary/aromatic N) is 4. The summed E-state index contributed by atoms with van der Waals surface area (Å²) in [6.45, 7) is 6.38. The number of carbonyl (C=O) groups is 1. The highest BCUT2D eigenvalue weighted by Crippen LogP contribution is 2.29. The lowest BCUT2D eigenvalue weighted by Crippen LogP contribution is -2.39. The zero-order valence-electron chi connectivity index (χ0n) is 13.2. The van der Waals surface area contributed by atoms with Crippen molar-refractivity contribution in [3.8, 4) is 0 Å². The lowest BCUT2D eigenvalue weighted by molar-refractivity contribution is -0.132. The van der Waals surface area contributed by atoms with Crippen molar-refractivity contribution in [2.24, 2.45) is 0 Å². The third-order valence-electron chi connectivity index (χ3n) is 4.08. The molecule has 0 bridgehead atoms. The van der Waals surface area contributed by atoms with E-state index >= 15 is 0 Å². The molecule has 1 amide bonds. The van der Waals surface area contributed by atoms with Gasteiger partial charge < -0.3 is 4.90 Å². The van der Waals surface area contributed by atoms with Crippen molar-refractivity contribution in [3.05, 3.63) is 34.0 Å².